The molecule has 0 aliphatic carbocycles. The van der Waals surface area contributed by atoms with Gasteiger partial charge in [0.05, 0.1) is 12.9 Å². The van der Waals surface area contributed by atoms with Crippen LogP contribution in [0.5, 0.6) is 5.75 Å². The molecule has 1 amide bonds. The van der Waals surface area contributed by atoms with E-state index in [2.05, 4.69) is 5.32 Å². The topological polar surface area (TPSA) is 38.3 Å². The summed E-state index contributed by atoms with van der Waals surface area (Å²) in [5.74, 6) is 0.502. The normalized spacial score (nSPS) is 10.2. The fourth-order valence-corrected chi connectivity index (χ4v) is 2.51. The summed E-state index contributed by atoms with van der Waals surface area (Å²) < 4.78 is 18.5. The first-order chi connectivity index (χ1) is 10.2. The molecule has 0 atom stereocenters. The second-order valence-electron chi connectivity index (χ2n) is 4.35. The second kappa shape index (κ2) is 7.69. The first-order valence-corrected chi connectivity index (χ1v) is 7.44. The van der Waals surface area contributed by atoms with Crippen LogP contribution in [0.2, 0.25) is 0 Å². The van der Waals surface area contributed by atoms with Crippen LogP contribution in [0, 0.1) is 5.82 Å². The van der Waals surface area contributed by atoms with Gasteiger partial charge in [-0.25, -0.2) is 4.39 Å². The number of thioether (sulfide) groups is 1. The molecule has 21 heavy (non-hydrogen) atoms. The zero-order valence-electron chi connectivity index (χ0n) is 11.6. The van der Waals surface area contributed by atoms with Gasteiger partial charge in [-0.1, -0.05) is 24.3 Å². The number of carbonyl (C=O) groups excluding carboxylic acids is 1. The van der Waals surface area contributed by atoms with E-state index in [-0.39, 0.29) is 17.5 Å². The molecule has 5 heteroatoms. The van der Waals surface area contributed by atoms with Gasteiger partial charge in [0.1, 0.15) is 11.6 Å². The number of carbonyl (C=O) groups is 1. The highest BCUT2D eigenvalue weighted by Crippen LogP contribution is 2.20. The molecular weight excluding hydrogens is 289 g/mol. The van der Waals surface area contributed by atoms with E-state index in [0.717, 1.165) is 11.3 Å². The molecule has 2 aromatic rings. The van der Waals surface area contributed by atoms with Crippen molar-refractivity contribution in [3.8, 4) is 5.75 Å². The molecule has 0 aliphatic heterocycles. The Kier molecular flexibility index (Phi) is 5.63. The minimum atomic E-state index is -0.303. The van der Waals surface area contributed by atoms with Crippen LogP contribution in [-0.4, -0.2) is 18.8 Å². The summed E-state index contributed by atoms with van der Waals surface area (Å²) in [7, 11) is 1.60. The maximum absolute atomic E-state index is 13.4. The van der Waals surface area contributed by atoms with E-state index in [1.54, 1.807) is 25.3 Å². The van der Waals surface area contributed by atoms with Gasteiger partial charge >= 0.3 is 0 Å². The van der Waals surface area contributed by atoms with Gasteiger partial charge in [0, 0.05) is 11.4 Å². The van der Waals surface area contributed by atoms with Crippen molar-refractivity contribution >= 4 is 17.7 Å². The maximum Gasteiger partial charge on any atom is 0.230 e. The Morgan fingerprint density at radius 1 is 1.24 bits per heavy atom. The van der Waals surface area contributed by atoms with Crippen molar-refractivity contribution in [3.63, 3.8) is 0 Å². The summed E-state index contributed by atoms with van der Waals surface area (Å²) in [5, 5.41) is 2.80. The van der Waals surface area contributed by atoms with E-state index in [4.69, 9.17) is 4.74 Å². The molecule has 0 saturated heterocycles. The third kappa shape index (κ3) is 4.79. The highest BCUT2D eigenvalue weighted by Gasteiger charge is 2.06. The Hall–Kier alpha value is -2.01. The SMILES string of the molecule is COc1cccc(CNC(=O)CSc2ccccc2F)c1. The van der Waals surface area contributed by atoms with E-state index in [1.165, 1.54) is 17.8 Å². The molecule has 0 aromatic heterocycles. The molecule has 1 N–H and O–H groups in total. The monoisotopic (exact) mass is 305 g/mol. The lowest BCUT2D eigenvalue weighted by atomic mass is 10.2. The lowest BCUT2D eigenvalue weighted by molar-refractivity contribution is -0.118. The van der Waals surface area contributed by atoms with Gasteiger partial charge in [0.2, 0.25) is 5.91 Å². The number of rotatable bonds is 6. The lowest BCUT2D eigenvalue weighted by Crippen LogP contribution is -2.24. The number of methoxy groups -OCH3 is 1. The summed E-state index contributed by atoms with van der Waals surface area (Å²) in [6.07, 6.45) is 0. The molecule has 3 nitrogen and oxygen atoms in total. The molecular formula is C16H16FNO2S. The zero-order chi connectivity index (χ0) is 15.1. The van der Waals surface area contributed by atoms with Crippen molar-refractivity contribution in [1.82, 2.24) is 5.32 Å². The molecule has 0 radical (unpaired) electrons. The standard InChI is InChI=1S/C16H16FNO2S/c1-20-13-6-4-5-12(9-13)10-18-16(19)11-21-15-8-3-2-7-14(15)17/h2-9H,10-11H2,1H3,(H,18,19). The Labute approximate surface area is 127 Å². The largest absolute Gasteiger partial charge is 0.497 e. The number of hydrogen-bond donors (Lipinski definition) is 1. The maximum atomic E-state index is 13.4. The van der Waals surface area contributed by atoms with E-state index in [1.807, 2.05) is 24.3 Å². The third-order valence-electron chi connectivity index (χ3n) is 2.82. The van der Waals surface area contributed by atoms with Crippen LogP contribution >= 0.6 is 11.8 Å². The minimum Gasteiger partial charge on any atom is -0.497 e. The predicted octanol–water partition coefficient (Wildman–Crippen LogP) is 3.24. The molecule has 0 aliphatic rings. The van der Waals surface area contributed by atoms with Gasteiger partial charge in [-0.3, -0.25) is 4.79 Å². The highest BCUT2D eigenvalue weighted by molar-refractivity contribution is 8.00. The summed E-state index contributed by atoms with van der Waals surface area (Å²) in [5.41, 5.74) is 0.957. The number of ether oxygens (including phenoxy) is 1. The Bertz CT molecular complexity index is 619. The predicted molar refractivity (Wildman–Crippen MR) is 82.0 cm³/mol. The first kappa shape index (κ1) is 15.4. The first-order valence-electron chi connectivity index (χ1n) is 6.46. The van der Waals surface area contributed by atoms with Gasteiger partial charge in [0.15, 0.2) is 0 Å². The van der Waals surface area contributed by atoms with Crippen LogP contribution in [0.15, 0.2) is 53.4 Å². The number of benzene rings is 2. The fourth-order valence-electron chi connectivity index (χ4n) is 1.74. The van der Waals surface area contributed by atoms with Gasteiger partial charge < -0.3 is 10.1 Å². The smallest absolute Gasteiger partial charge is 0.230 e. The summed E-state index contributed by atoms with van der Waals surface area (Å²) in [4.78, 5) is 12.3. The average molecular weight is 305 g/mol. The lowest BCUT2D eigenvalue weighted by Gasteiger charge is -2.07. The molecule has 110 valence electrons. The number of nitrogens with one attached hydrogen (secondary N) is 1. The Morgan fingerprint density at radius 3 is 2.81 bits per heavy atom. The Balaban J connectivity index is 1.81. The zero-order valence-corrected chi connectivity index (χ0v) is 12.5. The van der Waals surface area contributed by atoms with Crippen molar-refractivity contribution in [3.05, 3.63) is 59.9 Å². The number of halogens is 1. The second-order valence-corrected chi connectivity index (χ2v) is 5.36. The molecule has 0 saturated carbocycles. The van der Waals surface area contributed by atoms with Crippen LogP contribution < -0.4 is 10.1 Å². The fraction of sp³-hybridized carbons (Fsp3) is 0.188. The molecule has 0 spiro atoms. The van der Waals surface area contributed by atoms with E-state index >= 15 is 0 Å². The van der Waals surface area contributed by atoms with E-state index in [0.29, 0.717) is 11.4 Å². The molecule has 0 unspecified atom stereocenters. The van der Waals surface area contributed by atoms with Crippen molar-refractivity contribution in [2.24, 2.45) is 0 Å². The van der Waals surface area contributed by atoms with E-state index < -0.39 is 0 Å². The van der Waals surface area contributed by atoms with Crippen LogP contribution in [-0.2, 0) is 11.3 Å². The Morgan fingerprint density at radius 2 is 2.05 bits per heavy atom. The van der Waals surface area contributed by atoms with Gasteiger partial charge in [-0.15, -0.1) is 11.8 Å². The highest BCUT2D eigenvalue weighted by atomic mass is 32.2. The van der Waals surface area contributed by atoms with Crippen LogP contribution in [0.25, 0.3) is 0 Å². The molecule has 0 fully saturated rings. The molecule has 0 heterocycles. The molecule has 2 rings (SSSR count). The summed E-state index contributed by atoms with van der Waals surface area (Å²) >= 11 is 1.19. The van der Waals surface area contributed by atoms with Crippen molar-refractivity contribution in [2.45, 2.75) is 11.4 Å². The van der Waals surface area contributed by atoms with Gasteiger partial charge in [0.25, 0.3) is 0 Å². The van der Waals surface area contributed by atoms with Crippen molar-refractivity contribution in [1.29, 1.82) is 0 Å². The molecule has 2 aromatic carbocycles. The van der Waals surface area contributed by atoms with Crippen LogP contribution in [0.1, 0.15) is 5.56 Å². The molecule has 0 bridgehead atoms. The van der Waals surface area contributed by atoms with Gasteiger partial charge in [-0.2, -0.15) is 0 Å². The van der Waals surface area contributed by atoms with Crippen molar-refractivity contribution < 1.29 is 13.9 Å². The summed E-state index contributed by atoms with van der Waals surface area (Å²) in [6.45, 7) is 0.424. The quantitative estimate of drug-likeness (QED) is 0.833. The van der Waals surface area contributed by atoms with Crippen molar-refractivity contribution in [2.75, 3.05) is 12.9 Å². The summed E-state index contributed by atoms with van der Waals surface area (Å²) in [6, 6.07) is 13.9. The third-order valence-corrected chi connectivity index (χ3v) is 3.87. The number of amides is 1. The van der Waals surface area contributed by atoms with E-state index in [9.17, 15) is 9.18 Å². The number of hydrogen-bond acceptors (Lipinski definition) is 3. The van der Waals surface area contributed by atoms with Gasteiger partial charge in [-0.05, 0) is 29.8 Å². The minimum absolute atomic E-state index is 0.133. The van der Waals surface area contributed by atoms with Crippen LogP contribution in [0.4, 0.5) is 4.39 Å². The van der Waals surface area contributed by atoms with Crippen LogP contribution in [0.3, 0.4) is 0 Å². The average Bonchev–Trinajstić information content (AvgIpc) is 2.52.